The summed E-state index contributed by atoms with van der Waals surface area (Å²) in [6.07, 6.45) is 1.41. The van der Waals surface area contributed by atoms with E-state index < -0.39 is 0 Å². The number of thioether (sulfide) groups is 1. The predicted octanol–water partition coefficient (Wildman–Crippen LogP) is 5.42. The normalized spacial score (nSPS) is 10.9. The highest BCUT2D eigenvalue weighted by atomic mass is 32.2. The van der Waals surface area contributed by atoms with Crippen molar-refractivity contribution >= 4 is 44.9 Å². The Bertz CT molecular complexity index is 840. The molecular weight excluding hydrogens is 336 g/mol. The van der Waals surface area contributed by atoms with E-state index >= 15 is 0 Å². The number of amides is 1. The van der Waals surface area contributed by atoms with Crippen LogP contribution in [0.3, 0.4) is 0 Å². The van der Waals surface area contributed by atoms with Crippen LogP contribution >= 0.6 is 23.1 Å². The number of rotatable bonds is 6. The summed E-state index contributed by atoms with van der Waals surface area (Å²) in [7, 11) is 0. The van der Waals surface area contributed by atoms with Gasteiger partial charge >= 0.3 is 0 Å². The van der Waals surface area contributed by atoms with Gasteiger partial charge in [-0.15, -0.1) is 23.1 Å². The first-order valence-electron chi connectivity index (χ1n) is 7.97. The van der Waals surface area contributed by atoms with Crippen LogP contribution in [0.5, 0.6) is 0 Å². The van der Waals surface area contributed by atoms with Crippen LogP contribution in [0.4, 0.5) is 5.69 Å². The third kappa shape index (κ3) is 4.58. The monoisotopic (exact) mass is 356 g/mol. The molecule has 3 nitrogen and oxygen atoms in total. The van der Waals surface area contributed by atoms with Crippen LogP contribution in [0.25, 0.3) is 10.2 Å². The summed E-state index contributed by atoms with van der Waals surface area (Å²) in [6.45, 7) is 4.08. The number of thiazole rings is 1. The van der Waals surface area contributed by atoms with Crippen molar-refractivity contribution in [3.8, 4) is 0 Å². The molecule has 0 fully saturated rings. The molecule has 1 N–H and O–H groups in total. The molecule has 0 spiro atoms. The molecule has 0 bridgehead atoms. The Balaban J connectivity index is 1.45. The molecule has 124 valence electrons. The third-order valence-electron chi connectivity index (χ3n) is 3.62. The molecule has 0 unspecified atom stereocenters. The first kappa shape index (κ1) is 17.0. The van der Waals surface area contributed by atoms with Gasteiger partial charge in [0.15, 0.2) is 0 Å². The number of benzene rings is 2. The summed E-state index contributed by atoms with van der Waals surface area (Å²) in [5.41, 5.74) is 3.11. The van der Waals surface area contributed by atoms with E-state index in [1.54, 1.807) is 23.1 Å². The molecule has 0 aliphatic rings. The second-order valence-corrected chi connectivity index (χ2v) is 8.13. The van der Waals surface area contributed by atoms with Crippen LogP contribution in [0.2, 0.25) is 0 Å². The summed E-state index contributed by atoms with van der Waals surface area (Å²) in [4.78, 5) is 17.8. The average Bonchev–Trinajstić information content (AvgIpc) is 2.92. The molecule has 3 aromatic rings. The van der Waals surface area contributed by atoms with E-state index in [2.05, 4.69) is 41.5 Å². The van der Waals surface area contributed by atoms with Gasteiger partial charge in [-0.2, -0.15) is 0 Å². The maximum absolute atomic E-state index is 12.1. The number of hydrogen-bond acceptors (Lipinski definition) is 4. The maximum atomic E-state index is 12.1. The van der Waals surface area contributed by atoms with Crippen LogP contribution < -0.4 is 5.32 Å². The number of nitrogens with zero attached hydrogens (tertiary/aromatic N) is 1. The molecule has 24 heavy (non-hydrogen) atoms. The second-order valence-electron chi connectivity index (χ2n) is 5.73. The van der Waals surface area contributed by atoms with Crippen molar-refractivity contribution in [3.63, 3.8) is 0 Å². The van der Waals surface area contributed by atoms with Gasteiger partial charge in [0.2, 0.25) is 5.91 Å². The molecule has 0 saturated heterocycles. The number of carbonyl (C=O) groups excluding carboxylic acids is 1. The highest BCUT2D eigenvalue weighted by Gasteiger charge is 2.05. The number of anilines is 1. The van der Waals surface area contributed by atoms with Crippen molar-refractivity contribution < 1.29 is 4.79 Å². The van der Waals surface area contributed by atoms with Gasteiger partial charge < -0.3 is 5.32 Å². The van der Waals surface area contributed by atoms with Crippen molar-refractivity contribution in [2.45, 2.75) is 31.6 Å². The molecule has 0 aliphatic heterocycles. The minimum absolute atomic E-state index is 0.0695. The fraction of sp³-hybridized carbons (Fsp3) is 0.263. The molecule has 3 rings (SSSR count). The van der Waals surface area contributed by atoms with Gasteiger partial charge in [0.25, 0.3) is 0 Å². The number of fused-ring (bicyclic) bond motifs is 1. The highest BCUT2D eigenvalue weighted by molar-refractivity contribution is 7.99. The standard InChI is InChI=1S/C19H20N2OS2/c1-13-5-8-16(9-6-13)23-11-3-4-19(22)21-15-7-10-17-18(12-15)24-14(2)20-17/h5-10,12H,3-4,11H2,1-2H3,(H,21,22). The Kier molecular flexibility index (Phi) is 5.53. The lowest BCUT2D eigenvalue weighted by Gasteiger charge is -2.05. The van der Waals surface area contributed by atoms with Crippen molar-refractivity contribution in [1.82, 2.24) is 4.98 Å². The molecule has 2 aromatic carbocycles. The van der Waals surface area contributed by atoms with Gasteiger partial charge in [-0.1, -0.05) is 17.7 Å². The van der Waals surface area contributed by atoms with Gasteiger partial charge in [-0.05, 0) is 56.4 Å². The van der Waals surface area contributed by atoms with Gasteiger partial charge in [0.05, 0.1) is 15.2 Å². The zero-order chi connectivity index (χ0) is 16.9. The molecule has 0 atom stereocenters. The first-order valence-corrected chi connectivity index (χ1v) is 9.77. The smallest absolute Gasteiger partial charge is 0.224 e. The lowest BCUT2D eigenvalue weighted by molar-refractivity contribution is -0.116. The SMILES string of the molecule is Cc1ccc(SCCCC(=O)Nc2ccc3nc(C)sc3c2)cc1. The van der Waals surface area contributed by atoms with E-state index in [1.165, 1.54) is 10.5 Å². The van der Waals surface area contributed by atoms with Crippen LogP contribution in [0, 0.1) is 13.8 Å². The van der Waals surface area contributed by atoms with E-state index in [0.29, 0.717) is 6.42 Å². The van der Waals surface area contributed by atoms with E-state index in [9.17, 15) is 4.79 Å². The topological polar surface area (TPSA) is 42.0 Å². The molecule has 1 aromatic heterocycles. The summed E-state index contributed by atoms with van der Waals surface area (Å²) in [5, 5.41) is 4.02. The Morgan fingerprint density at radius 1 is 1.17 bits per heavy atom. The highest BCUT2D eigenvalue weighted by Crippen LogP contribution is 2.25. The fourth-order valence-corrected chi connectivity index (χ4v) is 4.12. The van der Waals surface area contributed by atoms with Crippen LogP contribution in [-0.2, 0) is 4.79 Å². The summed E-state index contributed by atoms with van der Waals surface area (Å²) in [6, 6.07) is 14.4. The number of nitrogens with one attached hydrogen (secondary N) is 1. The Morgan fingerprint density at radius 2 is 1.96 bits per heavy atom. The molecule has 0 radical (unpaired) electrons. The third-order valence-corrected chi connectivity index (χ3v) is 5.65. The van der Waals surface area contributed by atoms with Crippen molar-refractivity contribution in [3.05, 3.63) is 53.0 Å². The van der Waals surface area contributed by atoms with Crippen molar-refractivity contribution in [2.24, 2.45) is 0 Å². The van der Waals surface area contributed by atoms with Gasteiger partial charge in [0.1, 0.15) is 0 Å². The molecule has 1 amide bonds. The second kappa shape index (κ2) is 7.81. The lowest BCUT2D eigenvalue weighted by atomic mass is 10.2. The Morgan fingerprint density at radius 3 is 2.75 bits per heavy atom. The number of aryl methyl sites for hydroxylation is 2. The quantitative estimate of drug-likeness (QED) is 0.473. The average molecular weight is 357 g/mol. The fourth-order valence-electron chi connectivity index (χ4n) is 2.40. The summed E-state index contributed by atoms with van der Waals surface area (Å²) < 4.78 is 1.11. The molecule has 0 saturated carbocycles. The predicted molar refractivity (Wildman–Crippen MR) is 104 cm³/mol. The van der Waals surface area contributed by atoms with E-state index in [4.69, 9.17) is 0 Å². The maximum Gasteiger partial charge on any atom is 0.224 e. The lowest BCUT2D eigenvalue weighted by Crippen LogP contribution is -2.11. The zero-order valence-corrected chi connectivity index (χ0v) is 15.5. The summed E-state index contributed by atoms with van der Waals surface area (Å²) in [5.74, 6) is 1.02. The molecule has 5 heteroatoms. The van der Waals surface area contributed by atoms with E-state index in [1.807, 2.05) is 25.1 Å². The van der Waals surface area contributed by atoms with Gasteiger partial charge in [0, 0.05) is 17.0 Å². The minimum atomic E-state index is 0.0695. The summed E-state index contributed by atoms with van der Waals surface area (Å²) >= 11 is 3.44. The Hall–Kier alpha value is -1.85. The van der Waals surface area contributed by atoms with E-state index in [0.717, 1.165) is 33.1 Å². The number of aromatic nitrogens is 1. The van der Waals surface area contributed by atoms with Crippen LogP contribution in [-0.4, -0.2) is 16.6 Å². The van der Waals surface area contributed by atoms with Gasteiger partial charge in [-0.3, -0.25) is 4.79 Å². The molecule has 0 aliphatic carbocycles. The Labute approximate surface area is 150 Å². The number of carbonyl (C=O) groups is 1. The minimum Gasteiger partial charge on any atom is -0.326 e. The first-order chi connectivity index (χ1) is 11.6. The van der Waals surface area contributed by atoms with Crippen molar-refractivity contribution in [2.75, 3.05) is 11.1 Å². The molecule has 1 heterocycles. The largest absolute Gasteiger partial charge is 0.326 e. The molecular formula is C19H20N2OS2. The van der Waals surface area contributed by atoms with Crippen molar-refractivity contribution in [1.29, 1.82) is 0 Å². The van der Waals surface area contributed by atoms with Gasteiger partial charge in [-0.25, -0.2) is 4.98 Å². The van der Waals surface area contributed by atoms with E-state index in [-0.39, 0.29) is 5.91 Å². The zero-order valence-electron chi connectivity index (χ0n) is 13.8. The van der Waals surface area contributed by atoms with Crippen LogP contribution in [0.15, 0.2) is 47.4 Å². The van der Waals surface area contributed by atoms with Crippen LogP contribution in [0.1, 0.15) is 23.4 Å². The number of hydrogen-bond donors (Lipinski definition) is 1.